The maximum absolute atomic E-state index is 10.2. The second-order valence-corrected chi connectivity index (χ2v) is 2.12. The Morgan fingerprint density at radius 3 is 2.92 bits per heavy atom. The minimum Gasteiger partial charge on any atom is -0.358 e. The van der Waals surface area contributed by atoms with Gasteiger partial charge in [-0.05, 0) is 21.5 Å². The molecule has 0 aliphatic carbocycles. The molecule has 0 radical (unpaired) electrons. The SMILES string of the molecule is N#Cc1ncc(Cl)nc1[N+](=O)[O-]. The van der Waals surface area contributed by atoms with Crippen molar-refractivity contribution in [2.75, 3.05) is 0 Å². The Morgan fingerprint density at radius 2 is 2.42 bits per heavy atom. The molecule has 0 bridgehead atoms. The van der Waals surface area contributed by atoms with Crippen LogP contribution in [0.3, 0.4) is 0 Å². The van der Waals surface area contributed by atoms with Crippen molar-refractivity contribution in [1.82, 2.24) is 9.97 Å². The van der Waals surface area contributed by atoms with E-state index in [1.165, 1.54) is 6.07 Å². The molecule has 1 rings (SSSR count). The Morgan fingerprint density at radius 1 is 1.75 bits per heavy atom. The topological polar surface area (TPSA) is 92.7 Å². The van der Waals surface area contributed by atoms with Crippen molar-refractivity contribution in [2.24, 2.45) is 0 Å². The van der Waals surface area contributed by atoms with E-state index >= 15 is 0 Å². The number of halogens is 1. The van der Waals surface area contributed by atoms with Gasteiger partial charge in [-0.1, -0.05) is 0 Å². The summed E-state index contributed by atoms with van der Waals surface area (Å²) in [6.45, 7) is 0. The van der Waals surface area contributed by atoms with Crippen LogP contribution in [-0.2, 0) is 0 Å². The molecule has 0 N–H and O–H groups in total. The van der Waals surface area contributed by atoms with Crippen LogP contribution in [0.4, 0.5) is 5.82 Å². The van der Waals surface area contributed by atoms with E-state index in [0.717, 1.165) is 6.20 Å². The summed E-state index contributed by atoms with van der Waals surface area (Å²) in [5.41, 5.74) is -0.343. The maximum atomic E-state index is 10.2. The molecule has 0 spiro atoms. The second kappa shape index (κ2) is 3.11. The van der Waals surface area contributed by atoms with Gasteiger partial charge in [0, 0.05) is 0 Å². The molecule has 0 amide bonds. The molecular formula is C5HClN4O2. The van der Waals surface area contributed by atoms with Crippen molar-refractivity contribution in [1.29, 1.82) is 5.26 Å². The van der Waals surface area contributed by atoms with Gasteiger partial charge in [0.2, 0.25) is 5.69 Å². The molecule has 0 fully saturated rings. The molecule has 0 atom stereocenters. The molecular weight excluding hydrogens is 184 g/mol. The van der Waals surface area contributed by atoms with Crippen molar-refractivity contribution < 1.29 is 4.92 Å². The van der Waals surface area contributed by atoms with Gasteiger partial charge in [-0.15, -0.1) is 0 Å². The molecule has 0 saturated carbocycles. The zero-order valence-corrected chi connectivity index (χ0v) is 6.32. The molecule has 0 saturated heterocycles. The van der Waals surface area contributed by atoms with Gasteiger partial charge in [-0.3, -0.25) is 0 Å². The quantitative estimate of drug-likeness (QED) is 0.478. The molecule has 0 aliphatic rings. The van der Waals surface area contributed by atoms with Gasteiger partial charge < -0.3 is 10.1 Å². The summed E-state index contributed by atoms with van der Waals surface area (Å²) in [5, 5.41) is 18.5. The first-order valence-electron chi connectivity index (χ1n) is 2.72. The third-order valence-corrected chi connectivity index (χ3v) is 1.19. The zero-order valence-electron chi connectivity index (χ0n) is 5.56. The van der Waals surface area contributed by atoms with Gasteiger partial charge in [0.15, 0.2) is 0 Å². The molecule has 0 unspecified atom stereocenters. The van der Waals surface area contributed by atoms with Crippen LogP contribution in [0.2, 0.25) is 5.15 Å². The van der Waals surface area contributed by atoms with Gasteiger partial charge in [0.1, 0.15) is 6.07 Å². The van der Waals surface area contributed by atoms with Crippen LogP contribution in [0.5, 0.6) is 0 Å². The summed E-state index contributed by atoms with van der Waals surface area (Å²) in [5.74, 6) is -0.620. The largest absolute Gasteiger partial charge is 0.402 e. The van der Waals surface area contributed by atoms with Crippen LogP contribution in [-0.4, -0.2) is 14.9 Å². The molecule has 60 valence electrons. The van der Waals surface area contributed by atoms with Crippen molar-refractivity contribution in [2.45, 2.75) is 0 Å². The molecule has 1 aromatic rings. The number of hydrogen-bond donors (Lipinski definition) is 0. The van der Waals surface area contributed by atoms with Crippen LogP contribution >= 0.6 is 11.6 Å². The summed E-state index contributed by atoms with van der Waals surface area (Å²) in [6, 6.07) is 1.53. The highest BCUT2D eigenvalue weighted by Gasteiger charge is 2.17. The average Bonchev–Trinajstić information content (AvgIpc) is 2.04. The highest BCUT2D eigenvalue weighted by atomic mass is 35.5. The fourth-order valence-corrected chi connectivity index (χ4v) is 0.694. The Bertz CT molecular complexity index is 372. The van der Waals surface area contributed by atoms with Crippen LogP contribution in [0.1, 0.15) is 5.69 Å². The summed E-state index contributed by atoms with van der Waals surface area (Å²) in [4.78, 5) is 16.2. The number of nitrogens with zero attached hydrogens (tertiary/aromatic N) is 4. The van der Waals surface area contributed by atoms with E-state index in [0.29, 0.717) is 0 Å². The summed E-state index contributed by atoms with van der Waals surface area (Å²) in [7, 11) is 0. The van der Waals surface area contributed by atoms with Crippen molar-refractivity contribution in [3.8, 4) is 6.07 Å². The predicted octanol–water partition coefficient (Wildman–Crippen LogP) is 0.910. The van der Waals surface area contributed by atoms with E-state index < -0.39 is 10.7 Å². The van der Waals surface area contributed by atoms with E-state index in [9.17, 15) is 10.1 Å². The first kappa shape index (κ1) is 8.36. The lowest BCUT2D eigenvalue weighted by Crippen LogP contribution is -1.98. The van der Waals surface area contributed by atoms with Crippen LogP contribution in [0.25, 0.3) is 0 Å². The summed E-state index contributed by atoms with van der Waals surface area (Å²) in [6.07, 6.45) is 1.08. The Hall–Kier alpha value is -1.74. The number of hydrogen-bond acceptors (Lipinski definition) is 5. The predicted molar refractivity (Wildman–Crippen MR) is 38.4 cm³/mol. The highest BCUT2D eigenvalue weighted by molar-refractivity contribution is 6.29. The lowest BCUT2D eigenvalue weighted by molar-refractivity contribution is -0.390. The molecule has 0 aromatic carbocycles. The van der Waals surface area contributed by atoms with Gasteiger partial charge in [-0.2, -0.15) is 5.26 Å². The summed E-state index contributed by atoms with van der Waals surface area (Å²) < 4.78 is 0. The number of nitriles is 1. The normalized spacial score (nSPS) is 9.00. The smallest absolute Gasteiger partial charge is 0.358 e. The van der Waals surface area contributed by atoms with E-state index in [2.05, 4.69) is 9.97 Å². The van der Waals surface area contributed by atoms with E-state index in [1.807, 2.05) is 0 Å². The number of aromatic nitrogens is 2. The third kappa shape index (κ3) is 1.46. The number of nitro groups is 1. The van der Waals surface area contributed by atoms with Crippen LogP contribution in [0.15, 0.2) is 6.20 Å². The monoisotopic (exact) mass is 184 g/mol. The molecule has 7 heteroatoms. The van der Waals surface area contributed by atoms with Crippen molar-refractivity contribution in [3.05, 3.63) is 27.2 Å². The summed E-state index contributed by atoms with van der Waals surface area (Å²) >= 11 is 5.33. The lowest BCUT2D eigenvalue weighted by Gasteiger charge is -1.91. The fraction of sp³-hybridized carbons (Fsp3) is 0. The number of rotatable bonds is 1. The van der Waals surface area contributed by atoms with Gasteiger partial charge in [0.05, 0.1) is 6.20 Å². The Labute approximate surface area is 71.6 Å². The van der Waals surface area contributed by atoms with Crippen molar-refractivity contribution >= 4 is 17.4 Å². The standard InChI is InChI=1S/C5HClN4O2/c6-4-2-8-3(1-7)5(9-4)10(11)12/h2H. The third-order valence-electron chi connectivity index (χ3n) is 1.00. The lowest BCUT2D eigenvalue weighted by atomic mass is 10.4. The van der Waals surface area contributed by atoms with Gasteiger partial charge in [-0.25, -0.2) is 4.98 Å². The average molecular weight is 185 g/mol. The van der Waals surface area contributed by atoms with Gasteiger partial charge >= 0.3 is 5.82 Å². The fourth-order valence-electron chi connectivity index (χ4n) is 0.565. The Kier molecular flexibility index (Phi) is 2.16. The second-order valence-electron chi connectivity index (χ2n) is 1.73. The van der Waals surface area contributed by atoms with Gasteiger partial charge in [0.25, 0.3) is 5.15 Å². The van der Waals surface area contributed by atoms with E-state index in [4.69, 9.17) is 16.9 Å². The minimum atomic E-state index is -0.808. The molecule has 1 heterocycles. The molecule has 1 aromatic heterocycles. The zero-order chi connectivity index (χ0) is 9.14. The van der Waals surface area contributed by atoms with E-state index in [1.54, 1.807) is 0 Å². The van der Waals surface area contributed by atoms with E-state index in [-0.39, 0.29) is 10.8 Å². The first-order chi connectivity index (χ1) is 5.65. The van der Waals surface area contributed by atoms with Crippen LogP contribution in [0, 0.1) is 21.4 Å². The highest BCUT2D eigenvalue weighted by Crippen LogP contribution is 2.14. The molecule has 6 nitrogen and oxygen atoms in total. The van der Waals surface area contributed by atoms with Crippen LogP contribution < -0.4 is 0 Å². The minimum absolute atomic E-state index is 0.110. The molecule has 12 heavy (non-hydrogen) atoms. The first-order valence-corrected chi connectivity index (χ1v) is 3.10. The van der Waals surface area contributed by atoms with Crippen molar-refractivity contribution in [3.63, 3.8) is 0 Å². The Balaban J connectivity index is 3.34. The molecule has 0 aliphatic heterocycles. The maximum Gasteiger partial charge on any atom is 0.402 e.